The maximum Gasteiger partial charge on any atom is 0.0766 e. The van der Waals surface area contributed by atoms with Crippen molar-refractivity contribution in [3.63, 3.8) is 0 Å². The third kappa shape index (κ3) is 3.57. The number of rotatable bonds is 3. The second kappa shape index (κ2) is 5.75. The highest BCUT2D eigenvalue weighted by atomic mass is 32.2. The predicted octanol–water partition coefficient (Wildman–Crippen LogP) is 2.81. The smallest absolute Gasteiger partial charge is 0.0766 e. The summed E-state index contributed by atoms with van der Waals surface area (Å²) in [5.74, 6) is 1.61. The lowest BCUT2D eigenvalue weighted by atomic mass is 9.86. The molecule has 1 fully saturated rings. The minimum absolute atomic E-state index is 0.424. The van der Waals surface area contributed by atoms with Crippen LogP contribution < -0.4 is 5.32 Å². The summed E-state index contributed by atoms with van der Waals surface area (Å²) in [5, 5.41) is 12.6. The van der Waals surface area contributed by atoms with Crippen molar-refractivity contribution in [2.75, 3.05) is 16.8 Å². The van der Waals surface area contributed by atoms with Crippen LogP contribution in [-0.4, -0.2) is 21.8 Å². The number of hydrogen-bond donors (Lipinski definition) is 1. The summed E-state index contributed by atoms with van der Waals surface area (Å²) in [6.45, 7) is 3.85. The highest BCUT2D eigenvalue weighted by Gasteiger charge is 2.20. The molecule has 4 heteroatoms. The molecule has 19 heavy (non-hydrogen) atoms. The Bertz CT molecular complexity index is 492. The molecule has 0 amide bonds. The van der Waals surface area contributed by atoms with Crippen LogP contribution in [0.15, 0.2) is 24.3 Å². The minimum atomic E-state index is -0.612. The molecule has 0 unspecified atom stereocenters. The Morgan fingerprint density at radius 2 is 1.84 bits per heavy atom. The van der Waals surface area contributed by atoms with E-state index in [0.29, 0.717) is 6.04 Å². The summed E-state index contributed by atoms with van der Waals surface area (Å²) >= 11 is 0. The summed E-state index contributed by atoms with van der Waals surface area (Å²) in [6.07, 6.45) is 1.94. The number of anilines is 1. The maximum absolute atomic E-state index is 11.3. The van der Waals surface area contributed by atoms with E-state index in [1.54, 1.807) is 0 Å². The average molecular weight is 276 g/mol. The molecule has 0 aliphatic carbocycles. The molecule has 1 heterocycles. The van der Waals surface area contributed by atoms with Crippen molar-refractivity contribution in [1.29, 1.82) is 5.26 Å². The van der Waals surface area contributed by atoms with E-state index in [1.807, 2.05) is 38.1 Å². The standard InChI is InChI=1S/C15H20N2OS/c1-15(2,11-16)12-3-5-13(6-4-12)17-14-7-9-19(18)10-8-14/h3-6,14,17H,7-10H2,1-2H3. The van der Waals surface area contributed by atoms with Crippen LogP contribution in [0.5, 0.6) is 0 Å². The van der Waals surface area contributed by atoms with Gasteiger partial charge in [-0.3, -0.25) is 4.21 Å². The Kier molecular flexibility index (Phi) is 4.26. The SMILES string of the molecule is CC(C)(C#N)c1ccc(NC2CCS(=O)CC2)cc1. The molecule has 1 aromatic carbocycles. The van der Waals surface area contributed by atoms with Crippen LogP contribution in [0, 0.1) is 11.3 Å². The van der Waals surface area contributed by atoms with Gasteiger partial charge in [0, 0.05) is 34.0 Å². The Balaban J connectivity index is 2.00. The molecule has 3 nitrogen and oxygen atoms in total. The third-order valence-corrected chi connectivity index (χ3v) is 5.03. The average Bonchev–Trinajstić information content (AvgIpc) is 2.42. The zero-order valence-electron chi connectivity index (χ0n) is 11.5. The van der Waals surface area contributed by atoms with E-state index in [4.69, 9.17) is 5.26 Å². The highest BCUT2D eigenvalue weighted by Crippen LogP contribution is 2.24. The second-order valence-electron chi connectivity index (χ2n) is 5.58. The Labute approximate surface area is 117 Å². The monoisotopic (exact) mass is 276 g/mol. The minimum Gasteiger partial charge on any atom is -0.382 e. The van der Waals surface area contributed by atoms with E-state index >= 15 is 0 Å². The van der Waals surface area contributed by atoms with Crippen LogP contribution in [0.3, 0.4) is 0 Å². The van der Waals surface area contributed by atoms with E-state index in [2.05, 4.69) is 11.4 Å². The van der Waals surface area contributed by atoms with Gasteiger partial charge in [-0.05, 0) is 44.4 Å². The normalized spacial score (nSPS) is 23.6. The van der Waals surface area contributed by atoms with E-state index < -0.39 is 16.2 Å². The molecule has 1 aliphatic rings. The van der Waals surface area contributed by atoms with Crippen LogP contribution in [0.25, 0.3) is 0 Å². The summed E-state index contributed by atoms with van der Waals surface area (Å²) in [4.78, 5) is 0. The Morgan fingerprint density at radius 3 is 2.37 bits per heavy atom. The first-order valence-electron chi connectivity index (χ1n) is 6.64. The second-order valence-corrected chi connectivity index (χ2v) is 7.28. The topological polar surface area (TPSA) is 52.9 Å². The van der Waals surface area contributed by atoms with Crippen molar-refractivity contribution in [2.45, 2.75) is 38.1 Å². The maximum atomic E-state index is 11.3. The Hall–Kier alpha value is -1.34. The van der Waals surface area contributed by atoms with E-state index in [0.717, 1.165) is 35.6 Å². The van der Waals surface area contributed by atoms with Crippen molar-refractivity contribution in [3.8, 4) is 6.07 Å². The van der Waals surface area contributed by atoms with Gasteiger partial charge in [0.2, 0.25) is 0 Å². The van der Waals surface area contributed by atoms with Gasteiger partial charge in [0.1, 0.15) is 0 Å². The summed E-state index contributed by atoms with van der Waals surface area (Å²) < 4.78 is 11.3. The lowest BCUT2D eigenvalue weighted by molar-refractivity contribution is 0.624. The van der Waals surface area contributed by atoms with Crippen molar-refractivity contribution >= 4 is 16.5 Å². The molecule has 0 atom stereocenters. The fraction of sp³-hybridized carbons (Fsp3) is 0.533. The molecule has 1 aliphatic heterocycles. The lowest BCUT2D eigenvalue weighted by Gasteiger charge is -2.24. The van der Waals surface area contributed by atoms with Crippen LogP contribution in [0.4, 0.5) is 5.69 Å². The number of nitrogens with one attached hydrogen (secondary N) is 1. The van der Waals surface area contributed by atoms with Gasteiger partial charge >= 0.3 is 0 Å². The number of nitriles is 1. The molecule has 2 rings (SSSR count). The van der Waals surface area contributed by atoms with Crippen molar-refractivity contribution in [3.05, 3.63) is 29.8 Å². The predicted molar refractivity (Wildman–Crippen MR) is 79.6 cm³/mol. The first kappa shape index (κ1) is 14.1. The quantitative estimate of drug-likeness (QED) is 0.923. The van der Waals surface area contributed by atoms with Crippen molar-refractivity contribution in [2.24, 2.45) is 0 Å². The summed E-state index contributed by atoms with van der Waals surface area (Å²) in [7, 11) is -0.612. The lowest BCUT2D eigenvalue weighted by Crippen LogP contribution is -2.29. The van der Waals surface area contributed by atoms with Gasteiger partial charge in [-0.2, -0.15) is 5.26 Å². The van der Waals surface area contributed by atoms with Gasteiger partial charge in [-0.1, -0.05) is 12.1 Å². The van der Waals surface area contributed by atoms with Crippen LogP contribution in [0.2, 0.25) is 0 Å². The fourth-order valence-corrected chi connectivity index (χ4v) is 3.52. The Morgan fingerprint density at radius 1 is 1.26 bits per heavy atom. The first-order valence-corrected chi connectivity index (χ1v) is 8.13. The number of benzene rings is 1. The van der Waals surface area contributed by atoms with E-state index in [9.17, 15) is 4.21 Å². The number of nitrogens with zero attached hydrogens (tertiary/aromatic N) is 1. The molecule has 0 radical (unpaired) electrons. The van der Waals surface area contributed by atoms with Crippen LogP contribution in [-0.2, 0) is 16.2 Å². The molecule has 1 aromatic rings. The molecule has 102 valence electrons. The van der Waals surface area contributed by atoms with Gasteiger partial charge in [-0.15, -0.1) is 0 Å². The van der Waals surface area contributed by atoms with Gasteiger partial charge < -0.3 is 5.32 Å². The largest absolute Gasteiger partial charge is 0.382 e. The zero-order chi connectivity index (χ0) is 13.9. The van der Waals surface area contributed by atoms with Gasteiger partial charge in [0.05, 0.1) is 11.5 Å². The molecule has 0 aromatic heterocycles. The summed E-state index contributed by atoms with van der Waals surface area (Å²) in [6, 6.07) is 10.8. The van der Waals surface area contributed by atoms with Crippen LogP contribution >= 0.6 is 0 Å². The van der Waals surface area contributed by atoms with Crippen LogP contribution in [0.1, 0.15) is 32.3 Å². The highest BCUT2D eigenvalue weighted by molar-refractivity contribution is 7.85. The van der Waals surface area contributed by atoms with Gasteiger partial charge in [0.25, 0.3) is 0 Å². The number of hydrogen-bond acceptors (Lipinski definition) is 3. The van der Waals surface area contributed by atoms with Crippen molar-refractivity contribution in [1.82, 2.24) is 0 Å². The first-order chi connectivity index (χ1) is 9.01. The van der Waals surface area contributed by atoms with Crippen molar-refractivity contribution < 1.29 is 4.21 Å². The van der Waals surface area contributed by atoms with Gasteiger partial charge in [-0.25, -0.2) is 0 Å². The molecular weight excluding hydrogens is 256 g/mol. The van der Waals surface area contributed by atoms with E-state index in [1.165, 1.54) is 0 Å². The fourth-order valence-electron chi connectivity index (χ4n) is 2.22. The van der Waals surface area contributed by atoms with E-state index in [-0.39, 0.29) is 0 Å². The molecule has 1 saturated heterocycles. The zero-order valence-corrected chi connectivity index (χ0v) is 12.3. The molecular formula is C15H20N2OS. The molecule has 0 spiro atoms. The van der Waals surface area contributed by atoms with Gasteiger partial charge in [0.15, 0.2) is 0 Å². The molecule has 0 bridgehead atoms. The summed E-state index contributed by atoms with van der Waals surface area (Å²) in [5.41, 5.74) is 1.67. The molecule has 0 saturated carbocycles. The third-order valence-electron chi connectivity index (χ3n) is 3.64. The molecule has 1 N–H and O–H groups in total.